The maximum Gasteiger partial charge on any atom is 0.139 e. The first-order chi connectivity index (χ1) is 26.2. The van der Waals surface area contributed by atoms with Gasteiger partial charge in [-0.15, -0.1) is 0 Å². The van der Waals surface area contributed by atoms with E-state index < -0.39 is 5.60 Å². The van der Waals surface area contributed by atoms with Crippen LogP contribution >= 0.6 is 15.9 Å². The van der Waals surface area contributed by atoms with E-state index in [2.05, 4.69) is 85.7 Å². The van der Waals surface area contributed by atoms with Crippen LogP contribution in [0.4, 0.5) is 0 Å². The van der Waals surface area contributed by atoms with Gasteiger partial charge in [0.05, 0.1) is 5.60 Å². The zero-order valence-corrected chi connectivity index (χ0v) is 36.4. The van der Waals surface area contributed by atoms with Crippen LogP contribution in [-0.4, -0.2) is 20.9 Å². The number of carbonyl (C=O) groups is 1. The summed E-state index contributed by atoms with van der Waals surface area (Å²) in [4.78, 5) is 20.6. The smallest absolute Gasteiger partial charge is 0.139 e. The molecule has 0 spiro atoms. The van der Waals surface area contributed by atoms with E-state index in [-0.39, 0.29) is 10.8 Å². The van der Waals surface area contributed by atoms with Crippen molar-refractivity contribution < 1.29 is 9.90 Å². The van der Waals surface area contributed by atoms with Crippen LogP contribution in [-0.2, 0) is 10.4 Å². The van der Waals surface area contributed by atoms with Crippen molar-refractivity contribution in [3.8, 4) is 0 Å². The summed E-state index contributed by atoms with van der Waals surface area (Å²) in [7, 11) is 0. The Kier molecular flexibility index (Phi) is 10.8. The molecule has 6 saturated carbocycles. The zero-order chi connectivity index (χ0) is 38.8. The van der Waals surface area contributed by atoms with Crippen LogP contribution in [0.2, 0.25) is 0 Å². The number of fused-ring (bicyclic) bond motifs is 10. The highest BCUT2D eigenvalue weighted by atomic mass is 79.9. The molecule has 0 amide bonds. The van der Waals surface area contributed by atoms with E-state index in [0.29, 0.717) is 28.4 Å². The van der Waals surface area contributed by atoms with Crippen LogP contribution in [0, 0.1) is 69.0 Å². The van der Waals surface area contributed by atoms with Gasteiger partial charge in [0.1, 0.15) is 5.78 Å². The Balaban J connectivity index is 0.000000135. The van der Waals surface area contributed by atoms with Crippen LogP contribution in [0.25, 0.3) is 0 Å². The maximum atomic E-state index is 12.4. The van der Waals surface area contributed by atoms with Crippen molar-refractivity contribution in [2.75, 3.05) is 0 Å². The number of nitrogens with zero attached hydrogens (tertiary/aromatic N) is 2. The number of allylic oxidation sites excluding steroid dienone is 4. The first-order valence-corrected chi connectivity index (χ1v) is 23.1. The van der Waals surface area contributed by atoms with Gasteiger partial charge in [0.2, 0.25) is 0 Å². The number of Topliss-reactive ketones (excluding diaryl/α,β-unsaturated/α-hetero) is 1. The van der Waals surface area contributed by atoms with E-state index in [0.717, 1.165) is 71.2 Å². The number of pyridine rings is 2. The monoisotopic (exact) mass is 808 g/mol. The second kappa shape index (κ2) is 14.9. The molecule has 6 fully saturated rings. The van der Waals surface area contributed by atoms with Crippen molar-refractivity contribution in [1.29, 1.82) is 0 Å². The van der Waals surface area contributed by atoms with Gasteiger partial charge in [-0.25, -0.2) is 0 Å². The Morgan fingerprint density at radius 2 is 1.18 bits per heavy atom. The molecule has 0 bridgehead atoms. The SMILES string of the molecule is Brc1cccnc1.C[C@H]1CC[C@@]2(C)C(=CCC3C2CC[C@@]2(C)C3CCC2(O)c2cccnc2)C1.C[C@H]1CC[C@@]2(C)C(=CCC3C2CC[C@]2(C)C(=O)CCC32)C1. The molecule has 2 aromatic rings. The van der Waals surface area contributed by atoms with Gasteiger partial charge in [-0.3, -0.25) is 14.8 Å². The fraction of sp³-hybridized carbons (Fsp3) is 0.700. The van der Waals surface area contributed by atoms with Crippen molar-refractivity contribution in [3.63, 3.8) is 0 Å². The topological polar surface area (TPSA) is 63.1 Å². The zero-order valence-electron chi connectivity index (χ0n) is 34.8. The van der Waals surface area contributed by atoms with Crippen LogP contribution in [0.5, 0.6) is 0 Å². The maximum absolute atomic E-state index is 12.4. The number of hydrogen-bond donors (Lipinski definition) is 1. The molecule has 4 nitrogen and oxygen atoms in total. The average Bonchev–Trinajstić information content (AvgIpc) is 3.65. The molecular weight excluding hydrogens is 740 g/mol. The third kappa shape index (κ3) is 6.60. The molecule has 13 atom stereocenters. The van der Waals surface area contributed by atoms with Crippen molar-refractivity contribution in [2.24, 2.45) is 69.0 Å². The Morgan fingerprint density at radius 3 is 1.73 bits per heavy atom. The molecule has 298 valence electrons. The summed E-state index contributed by atoms with van der Waals surface area (Å²) in [5.74, 6) is 6.83. The number of carbonyl (C=O) groups excluding carboxylic acids is 1. The molecule has 1 N–H and O–H groups in total. The van der Waals surface area contributed by atoms with E-state index in [1.165, 1.54) is 77.0 Å². The summed E-state index contributed by atoms with van der Waals surface area (Å²) >= 11 is 3.25. The quantitative estimate of drug-likeness (QED) is 0.292. The first kappa shape index (κ1) is 39.7. The molecule has 5 heteroatoms. The van der Waals surface area contributed by atoms with E-state index in [9.17, 15) is 9.90 Å². The van der Waals surface area contributed by atoms with E-state index >= 15 is 0 Å². The van der Waals surface area contributed by atoms with Crippen molar-refractivity contribution >= 4 is 21.7 Å². The molecule has 8 aliphatic carbocycles. The molecule has 0 radical (unpaired) electrons. The Bertz CT molecular complexity index is 1780. The van der Waals surface area contributed by atoms with Gasteiger partial charge >= 0.3 is 0 Å². The van der Waals surface area contributed by atoms with Crippen LogP contribution in [0.15, 0.2) is 76.8 Å². The number of halogens is 1. The highest BCUT2D eigenvalue weighted by Crippen LogP contribution is 2.69. The fourth-order valence-corrected chi connectivity index (χ4v) is 15.2. The molecule has 2 heterocycles. The summed E-state index contributed by atoms with van der Waals surface area (Å²) in [6.07, 6.45) is 32.1. The Hall–Kier alpha value is -2.11. The van der Waals surface area contributed by atoms with Gasteiger partial charge in [-0.05, 0) is 189 Å². The first-order valence-electron chi connectivity index (χ1n) is 22.3. The Morgan fingerprint density at radius 1 is 0.655 bits per heavy atom. The lowest BCUT2D eigenvalue weighted by molar-refractivity contribution is -0.131. The lowest BCUT2D eigenvalue weighted by atomic mass is 9.46. The van der Waals surface area contributed by atoms with Crippen molar-refractivity contribution in [2.45, 2.75) is 150 Å². The largest absolute Gasteiger partial charge is 0.385 e. The predicted molar refractivity (Wildman–Crippen MR) is 227 cm³/mol. The lowest BCUT2D eigenvalue weighted by Gasteiger charge is -2.59. The third-order valence-corrected chi connectivity index (χ3v) is 18.8. The van der Waals surface area contributed by atoms with Crippen LogP contribution < -0.4 is 0 Å². The van der Waals surface area contributed by atoms with E-state index in [1.807, 2.05) is 30.6 Å². The van der Waals surface area contributed by atoms with Crippen molar-refractivity contribution in [3.05, 3.63) is 82.4 Å². The summed E-state index contributed by atoms with van der Waals surface area (Å²) in [5, 5.41) is 11.9. The highest BCUT2D eigenvalue weighted by molar-refractivity contribution is 9.10. The van der Waals surface area contributed by atoms with Gasteiger partial charge in [-0.2, -0.15) is 0 Å². The van der Waals surface area contributed by atoms with E-state index in [1.54, 1.807) is 23.5 Å². The fourth-order valence-electron chi connectivity index (χ4n) is 14.9. The van der Waals surface area contributed by atoms with Crippen LogP contribution in [0.3, 0.4) is 0 Å². The number of ketones is 1. The number of hydrogen-bond acceptors (Lipinski definition) is 4. The minimum absolute atomic E-state index is 0.0130. The van der Waals surface area contributed by atoms with Gasteiger partial charge in [-0.1, -0.05) is 70.9 Å². The third-order valence-electron chi connectivity index (χ3n) is 18.3. The minimum atomic E-state index is -0.705. The van der Waals surface area contributed by atoms with Gasteiger partial charge < -0.3 is 5.11 Å². The number of rotatable bonds is 1. The highest BCUT2D eigenvalue weighted by Gasteiger charge is 2.64. The molecule has 55 heavy (non-hydrogen) atoms. The molecule has 10 rings (SSSR count). The van der Waals surface area contributed by atoms with Crippen LogP contribution in [0.1, 0.15) is 150 Å². The van der Waals surface area contributed by atoms with Crippen molar-refractivity contribution in [1.82, 2.24) is 9.97 Å². The Labute approximate surface area is 341 Å². The second-order valence-corrected chi connectivity index (χ2v) is 21.8. The molecular formula is C50H69BrN2O2. The van der Waals surface area contributed by atoms with Gasteiger partial charge in [0.25, 0.3) is 0 Å². The summed E-state index contributed by atoms with van der Waals surface area (Å²) < 4.78 is 1.02. The average molecular weight is 810 g/mol. The minimum Gasteiger partial charge on any atom is -0.385 e. The second-order valence-electron chi connectivity index (χ2n) is 20.9. The predicted octanol–water partition coefficient (Wildman–Crippen LogP) is 12.9. The van der Waals surface area contributed by atoms with Gasteiger partial charge in [0.15, 0.2) is 0 Å². The molecule has 0 aromatic carbocycles. The lowest BCUT2D eigenvalue weighted by Crippen LogP contribution is -2.53. The molecule has 7 unspecified atom stereocenters. The summed E-state index contributed by atoms with van der Waals surface area (Å²) in [5.41, 5.74) is 4.78. The summed E-state index contributed by atoms with van der Waals surface area (Å²) in [6.45, 7) is 14.6. The molecule has 8 aliphatic rings. The standard InChI is InChI=1S/C25H35NO.C20H30O.C5H4BrN/c1-17-8-11-23(2)18(15-17)6-7-20-21(23)9-12-24(3)22(20)10-13-25(24,27)19-5-4-14-26-16-19;1-13-8-10-19(2)14(12-13)4-5-15-16-6-7-18(21)20(16,3)11-9-17(15)19;6-5-2-1-3-7-4-5/h4-6,14,16-17,20-22,27H,7-13,15H2,1-3H3;4,13,15-17H,5-12H2,1-3H3;1-4H/t17-,20?,21?,22?,23-,24-,25?;13-,15?,16?,17?,19-,20-;/m00./s1. The number of aliphatic hydroxyl groups is 1. The molecule has 2 aromatic heterocycles. The molecule has 0 saturated heterocycles. The normalized spacial score (nSPS) is 45.3. The van der Waals surface area contributed by atoms with E-state index in [4.69, 9.17) is 0 Å². The number of aromatic nitrogens is 2. The van der Waals surface area contributed by atoms with Gasteiger partial charge in [0, 0.05) is 52.1 Å². The molecule has 0 aliphatic heterocycles. The summed E-state index contributed by atoms with van der Waals surface area (Å²) in [6, 6.07) is 7.89.